The van der Waals surface area contributed by atoms with Gasteiger partial charge in [-0.15, -0.1) is 11.3 Å². The molecule has 2 aliphatic carbocycles. The Morgan fingerprint density at radius 2 is 1.80 bits per heavy atom. The van der Waals surface area contributed by atoms with Crippen LogP contribution in [0.1, 0.15) is 114 Å². The van der Waals surface area contributed by atoms with Crippen LogP contribution in [0.5, 0.6) is 11.5 Å². The van der Waals surface area contributed by atoms with Crippen LogP contribution >= 0.6 is 11.3 Å². The fourth-order valence-electron chi connectivity index (χ4n) is 9.12. The van der Waals surface area contributed by atoms with Crippen LogP contribution in [-0.4, -0.2) is 101 Å². The lowest BCUT2D eigenvalue weighted by atomic mass is 9.94. The Morgan fingerprint density at radius 1 is 1.03 bits per heavy atom. The average molecular weight is 875 g/mol. The standard InChI is InChI=1S/C45H58N6O8S2/c1-27(2)35-26-60-42(47-35)34-23-38(33-17-18-37(58-4)28(3)40(33)46-34)59-31-22-36-41(53)48-45(44(55)49-61(56,57)32-15-16-32)24-30(45)14-10-7-5-6-9-13-29(43(54)51(36)25-31)21-39(52)50-19-11-8-12-20-50/h10,14,17-18,23,26-27,29-32,36H,5-9,11-13,15-16,19-22,24-25H2,1-4H3,(H,48,53)(H,49,55)/t29-,30-,31-,36+,45-/m1/s1. The van der Waals surface area contributed by atoms with Crippen LogP contribution in [-0.2, 0) is 29.2 Å². The van der Waals surface area contributed by atoms with Crippen molar-refractivity contribution in [3.8, 4) is 22.2 Å². The maximum atomic E-state index is 14.9. The maximum absolute atomic E-state index is 14.9. The van der Waals surface area contributed by atoms with Crippen molar-refractivity contribution in [3.05, 3.63) is 47.0 Å². The third-order valence-electron chi connectivity index (χ3n) is 13.1. The van der Waals surface area contributed by atoms with Crippen molar-refractivity contribution in [1.82, 2.24) is 29.8 Å². The van der Waals surface area contributed by atoms with E-state index < -0.39 is 56.6 Å². The molecular formula is C45H58N6O8S2. The molecule has 16 heteroatoms. The molecule has 4 amide bonds. The number of aromatic nitrogens is 2. The molecule has 2 N–H and O–H groups in total. The predicted octanol–water partition coefficient (Wildman–Crippen LogP) is 6.17. The van der Waals surface area contributed by atoms with E-state index in [1.807, 2.05) is 47.6 Å². The molecule has 2 aromatic heterocycles. The molecule has 2 saturated heterocycles. The molecule has 4 fully saturated rings. The molecule has 0 radical (unpaired) electrons. The first kappa shape index (κ1) is 43.1. The Morgan fingerprint density at radius 3 is 2.52 bits per heavy atom. The number of benzene rings is 1. The van der Waals surface area contributed by atoms with Gasteiger partial charge in [-0.3, -0.25) is 23.9 Å². The monoisotopic (exact) mass is 874 g/mol. The summed E-state index contributed by atoms with van der Waals surface area (Å²) in [7, 11) is -2.28. The summed E-state index contributed by atoms with van der Waals surface area (Å²) in [5.74, 6) is -1.32. The number of likely N-dealkylation sites (tertiary alicyclic amines) is 1. The van der Waals surface area contributed by atoms with Gasteiger partial charge in [0, 0.05) is 60.2 Å². The summed E-state index contributed by atoms with van der Waals surface area (Å²) in [5.41, 5.74) is 1.59. The number of fused-ring (bicyclic) bond motifs is 3. The molecule has 8 rings (SSSR count). The third kappa shape index (κ3) is 9.16. The van der Waals surface area contributed by atoms with E-state index in [4.69, 9.17) is 19.4 Å². The molecule has 5 atom stereocenters. The molecule has 328 valence electrons. The van der Waals surface area contributed by atoms with Crippen LogP contribution in [0.4, 0.5) is 0 Å². The van der Waals surface area contributed by atoms with Gasteiger partial charge in [-0.1, -0.05) is 38.8 Å². The van der Waals surface area contributed by atoms with Crippen molar-refractivity contribution in [1.29, 1.82) is 0 Å². The molecule has 14 nitrogen and oxygen atoms in total. The van der Waals surface area contributed by atoms with Gasteiger partial charge in [0.2, 0.25) is 27.7 Å². The van der Waals surface area contributed by atoms with Crippen molar-refractivity contribution < 1.29 is 37.1 Å². The minimum atomic E-state index is -3.89. The smallest absolute Gasteiger partial charge is 0.259 e. The molecule has 5 heterocycles. The van der Waals surface area contributed by atoms with Crippen LogP contribution in [0, 0.1) is 18.8 Å². The number of sulfonamides is 1. The van der Waals surface area contributed by atoms with E-state index in [0.29, 0.717) is 55.1 Å². The van der Waals surface area contributed by atoms with Crippen molar-refractivity contribution in [3.63, 3.8) is 0 Å². The van der Waals surface area contributed by atoms with Crippen molar-refractivity contribution in [2.45, 2.75) is 133 Å². The summed E-state index contributed by atoms with van der Waals surface area (Å²) >= 11 is 1.50. The molecule has 3 aliphatic heterocycles. The number of methoxy groups -OCH3 is 1. The summed E-state index contributed by atoms with van der Waals surface area (Å²) in [4.78, 5) is 70.6. The highest BCUT2D eigenvalue weighted by atomic mass is 32.2. The minimum absolute atomic E-state index is 0.0498. The van der Waals surface area contributed by atoms with E-state index in [2.05, 4.69) is 23.9 Å². The first-order valence-electron chi connectivity index (χ1n) is 22.0. The van der Waals surface area contributed by atoms with Crippen LogP contribution in [0.2, 0.25) is 0 Å². The van der Waals surface area contributed by atoms with Gasteiger partial charge in [0.1, 0.15) is 39.9 Å². The molecule has 0 bridgehead atoms. The van der Waals surface area contributed by atoms with Gasteiger partial charge in [0.25, 0.3) is 5.91 Å². The van der Waals surface area contributed by atoms with E-state index >= 15 is 0 Å². The van der Waals surface area contributed by atoms with Crippen LogP contribution in [0.25, 0.3) is 21.6 Å². The summed E-state index contributed by atoms with van der Waals surface area (Å²) in [6, 6.07) is 4.56. The number of amides is 4. The van der Waals surface area contributed by atoms with Gasteiger partial charge in [0.05, 0.1) is 30.1 Å². The second-order valence-corrected chi connectivity index (χ2v) is 20.7. The molecule has 0 spiro atoms. The lowest BCUT2D eigenvalue weighted by Crippen LogP contribution is -2.57. The Balaban J connectivity index is 1.14. The fraction of sp³-hybridized carbons (Fsp3) is 0.600. The number of pyridine rings is 1. The Kier molecular flexibility index (Phi) is 12.5. The number of piperidine rings is 1. The summed E-state index contributed by atoms with van der Waals surface area (Å²) in [6.45, 7) is 7.52. The number of nitrogens with zero attached hydrogens (tertiary/aromatic N) is 4. The molecule has 1 aromatic carbocycles. The molecule has 3 aromatic rings. The number of aryl methyl sites for hydroxylation is 1. The van der Waals surface area contributed by atoms with Crippen molar-refractivity contribution in [2.75, 3.05) is 26.7 Å². The average Bonchev–Trinajstić information content (AvgIpc) is 4.12. The Labute approximate surface area is 362 Å². The molecule has 2 saturated carbocycles. The number of allylic oxidation sites excluding steroid dienone is 1. The van der Waals surface area contributed by atoms with Gasteiger partial charge in [-0.2, -0.15) is 0 Å². The van der Waals surface area contributed by atoms with E-state index in [-0.39, 0.29) is 43.5 Å². The van der Waals surface area contributed by atoms with Crippen molar-refractivity contribution >= 4 is 55.9 Å². The Bertz CT molecular complexity index is 2320. The summed E-state index contributed by atoms with van der Waals surface area (Å²) in [6.07, 6.45) is 11.2. The van der Waals surface area contributed by atoms with Crippen LogP contribution in [0.15, 0.2) is 35.7 Å². The maximum Gasteiger partial charge on any atom is 0.259 e. The van der Waals surface area contributed by atoms with E-state index in [0.717, 1.165) is 66.6 Å². The zero-order valence-corrected chi connectivity index (χ0v) is 37.2. The minimum Gasteiger partial charge on any atom is -0.496 e. The highest BCUT2D eigenvalue weighted by Crippen LogP contribution is 2.46. The van der Waals surface area contributed by atoms with Crippen LogP contribution < -0.4 is 19.5 Å². The summed E-state index contributed by atoms with van der Waals surface area (Å²) < 4.78 is 40.8. The van der Waals surface area contributed by atoms with E-state index in [9.17, 15) is 27.6 Å². The normalized spacial score (nSPS) is 26.2. The first-order chi connectivity index (χ1) is 29.3. The number of hydrogen-bond donors (Lipinski definition) is 2. The van der Waals surface area contributed by atoms with Gasteiger partial charge in [-0.25, -0.2) is 18.4 Å². The number of carbonyl (C=O) groups excluding carboxylic acids is 4. The second-order valence-electron chi connectivity index (χ2n) is 17.9. The molecule has 61 heavy (non-hydrogen) atoms. The molecule has 5 aliphatic rings. The second kappa shape index (κ2) is 17.7. The zero-order chi connectivity index (χ0) is 43.1. The number of hydrogen-bond acceptors (Lipinski definition) is 11. The van der Waals surface area contributed by atoms with Gasteiger partial charge < -0.3 is 24.6 Å². The van der Waals surface area contributed by atoms with Crippen LogP contribution in [0.3, 0.4) is 0 Å². The fourth-order valence-corrected chi connectivity index (χ4v) is 11.4. The number of ether oxygens (including phenoxy) is 2. The molecule has 0 unspecified atom stereocenters. The SMILES string of the molecule is COc1ccc2c(O[C@@H]3C[C@H]4C(=O)N[C@]5(C(=O)NS(=O)(=O)C6CC6)C[C@H]5C=CCCCCC[C@H](CC(=O)N5CCCCC5)C(=O)N4C3)cc(-c3nc(C(C)C)cs3)nc2c1C. The highest BCUT2D eigenvalue weighted by Gasteiger charge is 2.62. The topological polar surface area (TPSA) is 177 Å². The first-order valence-corrected chi connectivity index (χ1v) is 24.4. The Hall–Kier alpha value is -4.57. The number of rotatable bonds is 10. The van der Waals surface area contributed by atoms with Gasteiger partial charge in [0.15, 0.2) is 0 Å². The lowest BCUT2D eigenvalue weighted by molar-refractivity contribution is -0.145. The van der Waals surface area contributed by atoms with E-state index in [1.54, 1.807) is 12.0 Å². The highest BCUT2D eigenvalue weighted by molar-refractivity contribution is 7.91. The zero-order valence-electron chi connectivity index (χ0n) is 35.6. The number of thiazole rings is 1. The molecular weight excluding hydrogens is 817 g/mol. The van der Waals surface area contributed by atoms with E-state index in [1.165, 1.54) is 11.3 Å². The van der Waals surface area contributed by atoms with Gasteiger partial charge >= 0.3 is 0 Å². The third-order valence-corrected chi connectivity index (χ3v) is 15.8. The largest absolute Gasteiger partial charge is 0.496 e. The quantitative estimate of drug-likeness (QED) is 0.224. The number of carbonyl (C=O) groups is 4. The lowest BCUT2D eigenvalue weighted by Gasteiger charge is -2.31. The van der Waals surface area contributed by atoms with Crippen molar-refractivity contribution in [2.24, 2.45) is 11.8 Å². The number of nitrogens with one attached hydrogen (secondary N) is 2. The predicted molar refractivity (Wildman–Crippen MR) is 233 cm³/mol. The van der Waals surface area contributed by atoms with Gasteiger partial charge in [-0.05, 0) is 82.8 Å². The summed E-state index contributed by atoms with van der Waals surface area (Å²) in [5, 5.41) is 5.84.